The quantitative estimate of drug-likeness (QED) is 0.433. The molecule has 0 rings (SSSR count). The van der Waals surface area contributed by atoms with Crippen LogP contribution in [0.3, 0.4) is 0 Å². The van der Waals surface area contributed by atoms with E-state index in [1.807, 2.05) is 0 Å². The fourth-order valence-corrected chi connectivity index (χ4v) is 0.589. The molecule has 0 aliphatic carbocycles. The number of hydrogen-bond donors (Lipinski definition) is 0. The van der Waals surface area contributed by atoms with Crippen molar-refractivity contribution < 1.29 is 21.7 Å². The molecule has 0 heterocycles. The Kier molecular flexibility index (Phi) is 11.0. The van der Waals surface area contributed by atoms with Gasteiger partial charge in [-0.2, -0.15) is 6.92 Å². The zero-order valence-electron chi connectivity index (χ0n) is 5.94. The minimum Gasteiger partial charge on any atom is -0.457 e. The molecule has 0 bridgehead atoms. The van der Waals surface area contributed by atoms with Gasteiger partial charge >= 0.3 is 0 Å². The van der Waals surface area contributed by atoms with Crippen molar-refractivity contribution in [1.82, 2.24) is 4.90 Å². The van der Waals surface area contributed by atoms with Gasteiger partial charge in [-0.25, -0.2) is 0 Å². The first-order valence-electron chi connectivity index (χ1n) is 2.88. The second-order valence-electron chi connectivity index (χ2n) is 1.48. The third kappa shape index (κ3) is 4.82. The van der Waals surface area contributed by atoms with Crippen LogP contribution in [0.15, 0.2) is 0 Å². The molecule has 8 heavy (non-hydrogen) atoms. The summed E-state index contributed by atoms with van der Waals surface area (Å²) in [5.41, 5.74) is 0. The molecular formula is C6H14NTi-. The Labute approximate surface area is 67.3 Å². The molecule has 0 amide bonds. The SMILES string of the molecule is C[CH-]N(CC)CC.[Ti]. The van der Waals surface area contributed by atoms with Crippen LogP contribution in [-0.4, -0.2) is 18.0 Å². The molecule has 0 aliphatic heterocycles. The van der Waals surface area contributed by atoms with Gasteiger partial charge in [0.05, 0.1) is 0 Å². The second-order valence-corrected chi connectivity index (χ2v) is 1.48. The van der Waals surface area contributed by atoms with Crippen LogP contribution < -0.4 is 0 Å². The van der Waals surface area contributed by atoms with Crippen LogP contribution in [0.25, 0.3) is 0 Å². The van der Waals surface area contributed by atoms with E-state index in [0.717, 1.165) is 13.1 Å². The zero-order valence-corrected chi connectivity index (χ0v) is 7.50. The predicted molar refractivity (Wildman–Crippen MR) is 32.9 cm³/mol. The molecule has 2 heteroatoms. The van der Waals surface area contributed by atoms with Crippen molar-refractivity contribution in [1.29, 1.82) is 0 Å². The van der Waals surface area contributed by atoms with Gasteiger partial charge in [0.2, 0.25) is 0 Å². The molecule has 0 saturated carbocycles. The van der Waals surface area contributed by atoms with Crippen LogP contribution in [0.5, 0.6) is 0 Å². The molecule has 0 aromatic carbocycles. The van der Waals surface area contributed by atoms with Gasteiger partial charge in [0.15, 0.2) is 0 Å². The average Bonchev–Trinajstić information content (AvgIpc) is 1.72. The van der Waals surface area contributed by atoms with E-state index in [-0.39, 0.29) is 21.7 Å². The van der Waals surface area contributed by atoms with Crippen LogP contribution >= 0.6 is 0 Å². The maximum Gasteiger partial charge on any atom is 0 e. The first-order chi connectivity index (χ1) is 3.35. The van der Waals surface area contributed by atoms with Gasteiger partial charge in [0.25, 0.3) is 0 Å². The molecule has 0 fully saturated rings. The third-order valence-electron chi connectivity index (χ3n) is 1.18. The summed E-state index contributed by atoms with van der Waals surface area (Å²) in [7, 11) is 0. The summed E-state index contributed by atoms with van der Waals surface area (Å²) in [6, 6.07) is 0. The van der Waals surface area contributed by atoms with E-state index in [9.17, 15) is 0 Å². The molecule has 0 aromatic rings. The summed E-state index contributed by atoms with van der Waals surface area (Å²) >= 11 is 0. The molecule has 0 spiro atoms. The maximum absolute atomic E-state index is 2.25. The summed E-state index contributed by atoms with van der Waals surface area (Å²) in [5.74, 6) is 0. The van der Waals surface area contributed by atoms with Crippen LogP contribution in [0.2, 0.25) is 0 Å². The molecule has 48 valence electrons. The summed E-state index contributed by atoms with van der Waals surface area (Å²) in [6.07, 6.45) is 0. The predicted octanol–water partition coefficient (Wildman–Crippen LogP) is 1.51. The Bertz CT molecular complexity index is 30.0. The Morgan fingerprint density at radius 2 is 1.62 bits per heavy atom. The average molecular weight is 148 g/mol. The van der Waals surface area contributed by atoms with Crippen molar-refractivity contribution in [3.05, 3.63) is 6.54 Å². The van der Waals surface area contributed by atoms with Gasteiger partial charge in [0, 0.05) is 21.7 Å². The van der Waals surface area contributed by atoms with E-state index in [4.69, 9.17) is 0 Å². The van der Waals surface area contributed by atoms with E-state index in [1.165, 1.54) is 0 Å². The Morgan fingerprint density at radius 3 is 1.62 bits per heavy atom. The molecule has 0 saturated heterocycles. The second kappa shape index (κ2) is 7.67. The molecule has 0 aromatic heterocycles. The van der Waals surface area contributed by atoms with Crippen molar-refractivity contribution in [3.63, 3.8) is 0 Å². The van der Waals surface area contributed by atoms with E-state index in [1.54, 1.807) is 0 Å². The maximum atomic E-state index is 2.25. The normalized spacial score (nSPS) is 9.00. The minimum absolute atomic E-state index is 0. The number of hydrogen-bond acceptors (Lipinski definition) is 1. The largest absolute Gasteiger partial charge is 0.457 e. The van der Waals surface area contributed by atoms with E-state index < -0.39 is 0 Å². The van der Waals surface area contributed by atoms with Crippen LogP contribution in [0, 0.1) is 6.54 Å². The zero-order chi connectivity index (χ0) is 5.70. The van der Waals surface area contributed by atoms with Gasteiger partial charge in [-0.05, 0) is 13.1 Å². The molecule has 0 radical (unpaired) electrons. The van der Waals surface area contributed by atoms with Crippen LogP contribution in [0.1, 0.15) is 20.8 Å². The number of nitrogens with zero attached hydrogens (tertiary/aromatic N) is 1. The molecule has 0 N–H and O–H groups in total. The van der Waals surface area contributed by atoms with Crippen molar-refractivity contribution >= 4 is 0 Å². The van der Waals surface area contributed by atoms with E-state index in [2.05, 4.69) is 32.2 Å². The van der Waals surface area contributed by atoms with Gasteiger partial charge < -0.3 is 4.90 Å². The molecular weight excluding hydrogens is 134 g/mol. The monoisotopic (exact) mass is 148 g/mol. The smallest absolute Gasteiger partial charge is 0 e. The molecule has 1 nitrogen and oxygen atoms in total. The summed E-state index contributed by atoms with van der Waals surface area (Å²) in [4.78, 5) is 2.25. The van der Waals surface area contributed by atoms with Crippen molar-refractivity contribution in [2.45, 2.75) is 20.8 Å². The minimum atomic E-state index is 0. The van der Waals surface area contributed by atoms with Gasteiger partial charge in [-0.1, -0.05) is 13.8 Å². The van der Waals surface area contributed by atoms with Crippen LogP contribution in [0.4, 0.5) is 0 Å². The molecule has 0 aliphatic rings. The van der Waals surface area contributed by atoms with Gasteiger partial charge in [-0.3, -0.25) is 6.54 Å². The topological polar surface area (TPSA) is 3.24 Å². The van der Waals surface area contributed by atoms with E-state index >= 15 is 0 Å². The Morgan fingerprint density at radius 1 is 1.25 bits per heavy atom. The van der Waals surface area contributed by atoms with Crippen molar-refractivity contribution in [3.8, 4) is 0 Å². The summed E-state index contributed by atoms with van der Waals surface area (Å²) in [5, 5.41) is 0. The molecule has 0 atom stereocenters. The summed E-state index contributed by atoms with van der Waals surface area (Å²) in [6.45, 7) is 10.8. The standard InChI is InChI=1S/C6H14N.Ti/c1-4-7(5-2)6-3;/h4H,5-6H2,1-3H3;/q-1;. The number of rotatable bonds is 3. The van der Waals surface area contributed by atoms with Gasteiger partial charge in [0.1, 0.15) is 0 Å². The first-order valence-corrected chi connectivity index (χ1v) is 2.88. The fourth-order valence-electron chi connectivity index (χ4n) is 0.589. The third-order valence-corrected chi connectivity index (χ3v) is 1.18. The molecule has 0 unspecified atom stereocenters. The fraction of sp³-hybridized carbons (Fsp3) is 0.833. The van der Waals surface area contributed by atoms with Crippen molar-refractivity contribution in [2.24, 2.45) is 0 Å². The summed E-state index contributed by atoms with van der Waals surface area (Å²) < 4.78 is 0. The van der Waals surface area contributed by atoms with Crippen molar-refractivity contribution in [2.75, 3.05) is 13.1 Å². The van der Waals surface area contributed by atoms with Crippen LogP contribution in [-0.2, 0) is 21.7 Å². The Balaban J connectivity index is 0. The first kappa shape index (κ1) is 11.5. The van der Waals surface area contributed by atoms with Gasteiger partial charge in [-0.15, -0.1) is 0 Å². The van der Waals surface area contributed by atoms with E-state index in [0.29, 0.717) is 0 Å². The Hall–Kier alpha value is 0.674.